The molecule has 1 atom stereocenters. The lowest BCUT2D eigenvalue weighted by Crippen LogP contribution is -2.36. The van der Waals surface area contributed by atoms with Gasteiger partial charge in [-0.15, -0.1) is 0 Å². The second-order valence-electron chi connectivity index (χ2n) is 6.34. The largest absolute Gasteiger partial charge is 0.395 e. The Hall–Kier alpha value is -0.870. The molecular formula is C14H27N3O. The molecule has 0 aliphatic heterocycles. The molecule has 0 aromatic carbocycles. The normalized spacial score (nSPS) is 14.2. The molecule has 0 radical (unpaired) electrons. The molecule has 0 aliphatic carbocycles. The molecule has 4 heteroatoms. The van der Waals surface area contributed by atoms with Crippen molar-refractivity contribution in [1.29, 1.82) is 0 Å². The highest BCUT2D eigenvalue weighted by Crippen LogP contribution is 2.24. The van der Waals surface area contributed by atoms with Crippen molar-refractivity contribution in [3.05, 3.63) is 17.5 Å². The number of aromatic nitrogens is 2. The van der Waals surface area contributed by atoms with Crippen LogP contribution in [0.3, 0.4) is 0 Å². The van der Waals surface area contributed by atoms with Crippen molar-refractivity contribution >= 4 is 0 Å². The van der Waals surface area contributed by atoms with Crippen LogP contribution in [0.25, 0.3) is 0 Å². The first-order chi connectivity index (χ1) is 8.25. The molecule has 4 nitrogen and oxygen atoms in total. The van der Waals surface area contributed by atoms with Gasteiger partial charge in [-0.05, 0) is 5.92 Å². The Balaban J connectivity index is 2.79. The second-order valence-corrected chi connectivity index (χ2v) is 6.34. The third-order valence-electron chi connectivity index (χ3n) is 3.17. The fraction of sp³-hybridized carbons (Fsp3) is 0.786. The Morgan fingerprint density at radius 2 is 2.00 bits per heavy atom. The van der Waals surface area contributed by atoms with Crippen molar-refractivity contribution in [3.63, 3.8) is 0 Å². The Morgan fingerprint density at radius 3 is 2.44 bits per heavy atom. The fourth-order valence-electron chi connectivity index (χ4n) is 2.05. The van der Waals surface area contributed by atoms with Crippen molar-refractivity contribution in [2.75, 3.05) is 6.61 Å². The summed E-state index contributed by atoms with van der Waals surface area (Å²) in [6, 6.07) is 0.137. The molecule has 1 aromatic heterocycles. The van der Waals surface area contributed by atoms with Gasteiger partial charge >= 0.3 is 0 Å². The van der Waals surface area contributed by atoms with E-state index in [9.17, 15) is 5.11 Å². The number of aliphatic hydroxyl groups is 1. The third-order valence-corrected chi connectivity index (χ3v) is 3.17. The maximum absolute atomic E-state index is 9.33. The molecule has 1 aromatic rings. The summed E-state index contributed by atoms with van der Waals surface area (Å²) in [7, 11) is 1.95. The zero-order chi connectivity index (χ0) is 13.9. The highest BCUT2D eigenvalue weighted by molar-refractivity contribution is 5.23. The number of hydrogen-bond acceptors (Lipinski definition) is 3. The van der Waals surface area contributed by atoms with Crippen molar-refractivity contribution in [1.82, 2.24) is 15.1 Å². The molecule has 1 unspecified atom stereocenters. The van der Waals surface area contributed by atoms with Crippen LogP contribution in [0, 0.1) is 5.92 Å². The van der Waals surface area contributed by atoms with Crippen LogP contribution in [0.4, 0.5) is 0 Å². The van der Waals surface area contributed by atoms with E-state index in [2.05, 4.69) is 51.2 Å². The summed E-state index contributed by atoms with van der Waals surface area (Å²) >= 11 is 0. The van der Waals surface area contributed by atoms with Gasteiger partial charge in [0.2, 0.25) is 0 Å². The third kappa shape index (κ3) is 3.82. The molecule has 1 heterocycles. The average Bonchev–Trinajstić information content (AvgIpc) is 2.59. The van der Waals surface area contributed by atoms with Crippen LogP contribution in [0.5, 0.6) is 0 Å². The smallest absolute Gasteiger partial charge is 0.0722 e. The van der Waals surface area contributed by atoms with Crippen LogP contribution in [-0.2, 0) is 19.0 Å². The topological polar surface area (TPSA) is 50.1 Å². The molecule has 0 saturated carbocycles. The van der Waals surface area contributed by atoms with E-state index in [1.54, 1.807) is 0 Å². The lowest BCUT2D eigenvalue weighted by atomic mass is 9.89. The van der Waals surface area contributed by atoms with Gasteiger partial charge in [-0.25, -0.2) is 0 Å². The predicted octanol–water partition coefficient (Wildman–Crippen LogP) is 1.82. The lowest BCUT2D eigenvalue weighted by Gasteiger charge is -2.22. The molecular weight excluding hydrogens is 226 g/mol. The quantitative estimate of drug-likeness (QED) is 0.841. The molecule has 104 valence electrons. The van der Waals surface area contributed by atoms with Crippen LogP contribution >= 0.6 is 0 Å². The number of rotatable bonds is 5. The summed E-state index contributed by atoms with van der Waals surface area (Å²) in [5.41, 5.74) is 2.38. The summed E-state index contributed by atoms with van der Waals surface area (Å²) in [5, 5.41) is 17.3. The first kappa shape index (κ1) is 15.2. The molecule has 0 saturated heterocycles. The van der Waals surface area contributed by atoms with E-state index in [0.29, 0.717) is 5.92 Å². The molecule has 0 spiro atoms. The highest BCUT2D eigenvalue weighted by atomic mass is 16.3. The van der Waals surface area contributed by atoms with Crippen molar-refractivity contribution in [3.8, 4) is 0 Å². The van der Waals surface area contributed by atoms with E-state index in [4.69, 9.17) is 0 Å². The number of aliphatic hydroxyl groups excluding tert-OH is 1. The Labute approximate surface area is 110 Å². The van der Waals surface area contributed by atoms with E-state index in [1.807, 2.05) is 11.7 Å². The van der Waals surface area contributed by atoms with Crippen LogP contribution < -0.4 is 5.32 Å². The Morgan fingerprint density at radius 1 is 1.39 bits per heavy atom. The minimum atomic E-state index is 0.0464. The minimum absolute atomic E-state index is 0.0464. The monoisotopic (exact) mass is 253 g/mol. The van der Waals surface area contributed by atoms with E-state index >= 15 is 0 Å². The SMILES string of the molecule is CC(C)C(CO)NCc1cn(C)nc1C(C)(C)C. The second kappa shape index (κ2) is 5.85. The zero-order valence-electron chi connectivity index (χ0n) is 12.5. The van der Waals surface area contributed by atoms with Crippen molar-refractivity contribution < 1.29 is 5.11 Å². The van der Waals surface area contributed by atoms with E-state index in [1.165, 1.54) is 5.56 Å². The van der Waals surface area contributed by atoms with Crippen LogP contribution in [-0.4, -0.2) is 27.5 Å². The maximum Gasteiger partial charge on any atom is 0.0722 e. The molecule has 18 heavy (non-hydrogen) atoms. The van der Waals surface area contributed by atoms with Gasteiger partial charge in [-0.2, -0.15) is 5.10 Å². The van der Waals surface area contributed by atoms with Crippen LogP contribution in [0.15, 0.2) is 6.20 Å². The number of nitrogens with zero attached hydrogens (tertiary/aromatic N) is 2. The zero-order valence-corrected chi connectivity index (χ0v) is 12.5. The Bertz CT molecular complexity index is 377. The van der Waals surface area contributed by atoms with Gasteiger partial charge < -0.3 is 10.4 Å². The molecule has 0 bridgehead atoms. The summed E-state index contributed by atoms with van der Waals surface area (Å²) < 4.78 is 1.86. The van der Waals surface area contributed by atoms with Gasteiger partial charge in [0.15, 0.2) is 0 Å². The predicted molar refractivity (Wildman–Crippen MR) is 74.5 cm³/mol. The van der Waals surface area contributed by atoms with Crippen LogP contribution in [0.2, 0.25) is 0 Å². The van der Waals surface area contributed by atoms with Gasteiger partial charge in [0.05, 0.1) is 12.3 Å². The standard InChI is InChI=1S/C14H27N3O/c1-10(2)12(9-18)15-7-11-8-17(6)16-13(11)14(3,4)5/h8,10,12,15,18H,7,9H2,1-6H3. The summed E-state index contributed by atoms with van der Waals surface area (Å²) in [6.45, 7) is 11.7. The van der Waals surface area contributed by atoms with E-state index in [0.717, 1.165) is 12.2 Å². The molecule has 1 rings (SSSR count). The summed E-state index contributed by atoms with van der Waals surface area (Å²) in [4.78, 5) is 0. The number of nitrogens with one attached hydrogen (secondary N) is 1. The first-order valence-electron chi connectivity index (χ1n) is 6.63. The van der Waals surface area contributed by atoms with E-state index in [-0.39, 0.29) is 18.1 Å². The lowest BCUT2D eigenvalue weighted by molar-refractivity contribution is 0.210. The van der Waals surface area contributed by atoms with Gasteiger partial charge in [-0.3, -0.25) is 4.68 Å². The minimum Gasteiger partial charge on any atom is -0.395 e. The van der Waals surface area contributed by atoms with Gasteiger partial charge in [0.25, 0.3) is 0 Å². The average molecular weight is 253 g/mol. The summed E-state index contributed by atoms with van der Waals surface area (Å²) in [6.07, 6.45) is 2.06. The molecule has 0 aliphatic rings. The summed E-state index contributed by atoms with van der Waals surface area (Å²) in [5.74, 6) is 0.421. The first-order valence-corrected chi connectivity index (χ1v) is 6.63. The van der Waals surface area contributed by atoms with Gasteiger partial charge in [-0.1, -0.05) is 34.6 Å². The fourth-order valence-corrected chi connectivity index (χ4v) is 2.05. The van der Waals surface area contributed by atoms with Crippen molar-refractivity contribution in [2.45, 2.75) is 52.6 Å². The number of hydrogen-bond donors (Lipinski definition) is 2. The van der Waals surface area contributed by atoms with E-state index < -0.39 is 0 Å². The van der Waals surface area contributed by atoms with Crippen molar-refractivity contribution in [2.24, 2.45) is 13.0 Å². The van der Waals surface area contributed by atoms with Gasteiger partial charge in [0, 0.05) is 36.8 Å². The molecule has 0 amide bonds. The van der Waals surface area contributed by atoms with Gasteiger partial charge in [0.1, 0.15) is 0 Å². The van der Waals surface area contributed by atoms with Crippen LogP contribution in [0.1, 0.15) is 45.9 Å². The Kier molecular flexibility index (Phi) is 4.93. The molecule has 0 fully saturated rings. The number of aryl methyl sites for hydroxylation is 1. The molecule has 2 N–H and O–H groups in total. The highest BCUT2D eigenvalue weighted by Gasteiger charge is 2.22. The maximum atomic E-state index is 9.33.